The summed E-state index contributed by atoms with van der Waals surface area (Å²) >= 11 is 0. The first-order valence-electron chi connectivity index (χ1n) is 8.04. The molecule has 2 N–H and O–H groups in total. The molecule has 0 bridgehead atoms. The SMILES string of the molecule is Nc1nc(N2CCCC(c3nncn3C3CC3)C2)ncc1[N+](=O)[O-]. The second kappa shape index (κ2) is 5.69. The van der Waals surface area contributed by atoms with E-state index in [4.69, 9.17) is 5.73 Å². The highest BCUT2D eigenvalue weighted by Crippen LogP contribution is 2.38. The zero-order chi connectivity index (χ0) is 16.7. The van der Waals surface area contributed by atoms with Crippen LogP contribution in [0.25, 0.3) is 0 Å². The summed E-state index contributed by atoms with van der Waals surface area (Å²) in [4.78, 5) is 20.5. The summed E-state index contributed by atoms with van der Waals surface area (Å²) in [5.41, 5.74) is 5.42. The van der Waals surface area contributed by atoms with Crippen LogP contribution < -0.4 is 10.6 Å². The molecular formula is C14H18N8O2. The molecule has 1 saturated carbocycles. The smallest absolute Gasteiger partial charge is 0.329 e. The van der Waals surface area contributed by atoms with Crippen LogP contribution in [0.2, 0.25) is 0 Å². The number of nitrogen functional groups attached to an aromatic ring is 1. The van der Waals surface area contributed by atoms with Crippen LogP contribution in [0.4, 0.5) is 17.5 Å². The van der Waals surface area contributed by atoms with E-state index in [0.717, 1.165) is 25.2 Å². The van der Waals surface area contributed by atoms with Gasteiger partial charge in [-0.1, -0.05) is 0 Å². The predicted molar refractivity (Wildman–Crippen MR) is 85.6 cm³/mol. The van der Waals surface area contributed by atoms with Crippen molar-refractivity contribution in [3.63, 3.8) is 0 Å². The van der Waals surface area contributed by atoms with Crippen LogP contribution in [0.15, 0.2) is 12.5 Å². The van der Waals surface area contributed by atoms with E-state index >= 15 is 0 Å². The highest BCUT2D eigenvalue weighted by molar-refractivity contribution is 5.54. The summed E-state index contributed by atoms with van der Waals surface area (Å²) in [5.74, 6) is 1.59. The number of anilines is 2. The van der Waals surface area contributed by atoms with Gasteiger partial charge in [0.2, 0.25) is 11.8 Å². The first-order chi connectivity index (χ1) is 11.6. The molecule has 126 valence electrons. The molecule has 2 fully saturated rings. The summed E-state index contributed by atoms with van der Waals surface area (Å²) in [6.07, 6.45) is 7.36. The highest BCUT2D eigenvalue weighted by atomic mass is 16.6. The van der Waals surface area contributed by atoms with Crippen molar-refractivity contribution in [2.75, 3.05) is 23.7 Å². The van der Waals surface area contributed by atoms with Crippen LogP contribution in [0, 0.1) is 10.1 Å². The van der Waals surface area contributed by atoms with Crippen LogP contribution in [-0.2, 0) is 0 Å². The number of nitrogens with zero attached hydrogens (tertiary/aromatic N) is 7. The Bertz CT molecular complexity index is 772. The normalized spacial score (nSPS) is 21.0. The maximum atomic E-state index is 10.8. The molecule has 0 radical (unpaired) electrons. The van der Waals surface area contributed by atoms with Crippen molar-refractivity contribution in [1.82, 2.24) is 24.7 Å². The Morgan fingerprint density at radius 2 is 2.17 bits per heavy atom. The Morgan fingerprint density at radius 3 is 2.88 bits per heavy atom. The van der Waals surface area contributed by atoms with E-state index in [-0.39, 0.29) is 17.4 Å². The van der Waals surface area contributed by atoms with Crippen molar-refractivity contribution in [2.45, 2.75) is 37.6 Å². The molecule has 1 unspecified atom stereocenters. The van der Waals surface area contributed by atoms with Crippen LogP contribution in [-0.4, -0.2) is 42.7 Å². The number of piperidine rings is 1. The molecule has 2 aliphatic rings. The second-order valence-electron chi connectivity index (χ2n) is 6.31. The summed E-state index contributed by atoms with van der Waals surface area (Å²) in [7, 11) is 0. The summed E-state index contributed by atoms with van der Waals surface area (Å²) in [6.45, 7) is 1.51. The molecule has 0 aromatic carbocycles. The van der Waals surface area contributed by atoms with E-state index in [2.05, 4.69) is 24.7 Å². The summed E-state index contributed by atoms with van der Waals surface area (Å²) in [6, 6.07) is 0.539. The Morgan fingerprint density at radius 1 is 1.33 bits per heavy atom. The standard InChI is InChI=1S/C14H18N8O2/c15-12-11(22(23)24)6-16-14(18-12)20-5-1-2-9(7-20)13-19-17-8-21(13)10-3-4-10/h6,8-10H,1-5,7H2,(H2,15,16,18). The van der Waals surface area contributed by atoms with Gasteiger partial charge < -0.3 is 15.2 Å². The molecule has 2 aromatic rings. The van der Waals surface area contributed by atoms with Crippen molar-refractivity contribution in [1.29, 1.82) is 0 Å². The first-order valence-corrected chi connectivity index (χ1v) is 8.04. The van der Waals surface area contributed by atoms with E-state index < -0.39 is 4.92 Å². The first kappa shape index (κ1) is 14.8. The van der Waals surface area contributed by atoms with E-state index in [1.54, 1.807) is 0 Å². The van der Waals surface area contributed by atoms with Crippen molar-refractivity contribution in [2.24, 2.45) is 0 Å². The average Bonchev–Trinajstić information content (AvgIpc) is 3.31. The molecule has 10 heteroatoms. The van der Waals surface area contributed by atoms with Gasteiger partial charge in [0, 0.05) is 25.0 Å². The molecular weight excluding hydrogens is 312 g/mol. The van der Waals surface area contributed by atoms with Gasteiger partial charge in [-0.3, -0.25) is 10.1 Å². The van der Waals surface area contributed by atoms with Gasteiger partial charge >= 0.3 is 5.69 Å². The molecule has 0 amide bonds. The number of hydrogen-bond donors (Lipinski definition) is 1. The second-order valence-corrected chi connectivity index (χ2v) is 6.31. The van der Waals surface area contributed by atoms with Crippen molar-refractivity contribution >= 4 is 17.5 Å². The summed E-state index contributed by atoms with van der Waals surface area (Å²) < 4.78 is 2.18. The van der Waals surface area contributed by atoms with Gasteiger partial charge in [-0.05, 0) is 25.7 Å². The summed E-state index contributed by atoms with van der Waals surface area (Å²) in [5, 5.41) is 19.2. The Labute approximate surface area is 137 Å². The van der Waals surface area contributed by atoms with Gasteiger partial charge in [0.1, 0.15) is 18.3 Å². The van der Waals surface area contributed by atoms with Crippen molar-refractivity contribution in [3.8, 4) is 0 Å². The third-order valence-corrected chi connectivity index (χ3v) is 4.59. The van der Waals surface area contributed by atoms with Crippen LogP contribution in [0.5, 0.6) is 0 Å². The molecule has 4 rings (SSSR count). The Hall–Kier alpha value is -2.78. The molecule has 10 nitrogen and oxygen atoms in total. The fraction of sp³-hybridized carbons (Fsp3) is 0.571. The molecule has 1 atom stereocenters. The van der Waals surface area contributed by atoms with E-state index in [1.165, 1.54) is 19.0 Å². The number of hydrogen-bond acceptors (Lipinski definition) is 8. The van der Waals surface area contributed by atoms with E-state index in [0.29, 0.717) is 18.5 Å². The molecule has 0 spiro atoms. The molecule has 24 heavy (non-hydrogen) atoms. The van der Waals surface area contributed by atoms with E-state index in [1.807, 2.05) is 11.2 Å². The maximum absolute atomic E-state index is 10.8. The minimum Gasteiger partial charge on any atom is -0.378 e. The molecule has 2 aromatic heterocycles. The lowest BCUT2D eigenvalue weighted by Crippen LogP contribution is -2.36. The molecule has 3 heterocycles. The van der Waals surface area contributed by atoms with Crippen molar-refractivity contribution in [3.05, 3.63) is 28.5 Å². The molecule has 1 aliphatic heterocycles. The quantitative estimate of drug-likeness (QED) is 0.655. The maximum Gasteiger partial charge on any atom is 0.329 e. The monoisotopic (exact) mass is 330 g/mol. The molecule has 1 aliphatic carbocycles. The van der Waals surface area contributed by atoms with Crippen molar-refractivity contribution < 1.29 is 4.92 Å². The van der Waals surface area contributed by atoms with Gasteiger partial charge in [-0.25, -0.2) is 4.98 Å². The Kier molecular flexibility index (Phi) is 3.51. The van der Waals surface area contributed by atoms with Gasteiger partial charge in [0.15, 0.2) is 0 Å². The highest BCUT2D eigenvalue weighted by Gasteiger charge is 2.32. The largest absolute Gasteiger partial charge is 0.378 e. The third-order valence-electron chi connectivity index (χ3n) is 4.59. The minimum atomic E-state index is -0.573. The lowest BCUT2D eigenvalue weighted by molar-refractivity contribution is -0.384. The minimum absolute atomic E-state index is 0.103. The topological polar surface area (TPSA) is 129 Å². The third kappa shape index (κ3) is 2.63. The number of aromatic nitrogens is 5. The lowest BCUT2D eigenvalue weighted by Gasteiger charge is -2.32. The lowest BCUT2D eigenvalue weighted by atomic mass is 9.97. The zero-order valence-corrected chi connectivity index (χ0v) is 13.1. The fourth-order valence-electron chi connectivity index (χ4n) is 3.22. The number of nitrogens with two attached hydrogens (primary N) is 1. The molecule has 1 saturated heterocycles. The van der Waals surface area contributed by atoms with Gasteiger partial charge in [0.05, 0.1) is 4.92 Å². The predicted octanol–water partition coefficient (Wildman–Crippen LogP) is 1.28. The van der Waals surface area contributed by atoms with Gasteiger partial charge in [0.25, 0.3) is 0 Å². The Balaban J connectivity index is 1.55. The van der Waals surface area contributed by atoms with Crippen LogP contribution in [0.1, 0.15) is 43.5 Å². The van der Waals surface area contributed by atoms with Gasteiger partial charge in [-0.15, -0.1) is 10.2 Å². The number of nitro groups is 1. The van der Waals surface area contributed by atoms with Gasteiger partial charge in [-0.2, -0.15) is 4.98 Å². The van der Waals surface area contributed by atoms with Crippen LogP contribution in [0.3, 0.4) is 0 Å². The van der Waals surface area contributed by atoms with Crippen LogP contribution >= 0.6 is 0 Å². The average molecular weight is 330 g/mol. The number of rotatable bonds is 4. The zero-order valence-electron chi connectivity index (χ0n) is 13.1. The van der Waals surface area contributed by atoms with E-state index in [9.17, 15) is 10.1 Å². The fourth-order valence-corrected chi connectivity index (χ4v) is 3.22.